The molecule has 41 heavy (non-hydrogen) atoms. The van der Waals surface area contributed by atoms with Crippen LogP contribution < -0.4 is 19.6 Å². The summed E-state index contributed by atoms with van der Waals surface area (Å²) in [6.45, 7) is 6.06. The number of halogens is 1. The molecule has 1 N–H and O–H groups in total. The molecule has 11 heteroatoms. The average molecular weight is 671 g/mol. The summed E-state index contributed by atoms with van der Waals surface area (Å²) in [5, 5.41) is 4.02. The van der Waals surface area contributed by atoms with Crippen LogP contribution in [-0.2, 0) is 16.1 Å². The molecule has 1 amide bonds. The zero-order chi connectivity index (χ0) is 29.4. The van der Waals surface area contributed by atoms with Gasteiger partial charge in [-0.25, -0.2) is 10.2 Å². The van der Waals surface area contributed by atoms with Gasteiger partial charge in [0.25, 0.3) is 0 Å². The van der Waals surface area contributed by atoms with E-state index in [1.165, 1.54) is 13.3 Å². The van der Waals surface area contributed by atoms with Gasteiger partial charge in [0.15, 0.2) is 23.9 Å². The number of aryl methyl sites for hydroxylation is 2. The normalized spacial score (nSPS) is 11.0. The Balaban J connectivity index is 1.30. The minimum atomic E-state index is -0.509. The van der Waals surface area contributed by atoms with Gasteiger partial charge >= 0.3 is 11.9 Å². The Morgan fingerprint density at radius 1 is 1.02 bits per heavy atom. The van der Waals surface area contributed by atoms with Gasteiger partial charge in [-0.3, -0.25) is 4.79 Å². The van der Waals surface area contributed by atoms with Crippen LogP contribution in [0, 0.1) is 17.4 Å². The molecule has 0 radical (unpaired) electrons. The molecule has 214 valence electrons. The van der Waals surface area contributed by atoms with Crippen molar-refractivity contribution in [2.24, 2.45) is 5.10 Å². The maximum atomic E-state index is 12.5. The second kappa shape index (κ2) is 13.9. The number of hydrogen-bond donors (Lipinski definition) is 1. The van der Waals surface area contributed by atoms with Gasteiger partial charge in [-0.2, -0.15) is 5.10 Å². The van der Waals surface area contributed by atoms with E-state index in [1.807, 2.05) is 24.3 Å². The predicted molar refractivity (Wildman–Crippen MR) is 161 cm³/mol. The Labute approximate surface area is 251 Å². The predicted octanol–water partition coefficient (Wildman–Crippen LogP) is 5.59. The van der Waals surface area contributed by atoms with Crippen LogP contribution in [0.2, 0.25) is 0 Å². The number of ether oxygens (including phenoxy) is 4. The van der Waals surface area contributed by atoms with Gasteiger partial charge in [0.1, 0.15) is 18.1 Å². The quantitative estimate of drug-likeness (QED) is 0.0905. The first kappa shape index (κ1) is 29.7. The van der Waals surface area contributed by atoms with E-state index >= 15 is 0 Å². The van der Waals surface area contributed by atoms with Gasteiger partial charge in [-0.1, -0.05) is 0 Å². The van der Waals surface area contributed by atoms with Crippen LogP contribution in [0.3, 0.4) is 0 Å². The fourth-order valence-electron chi connectivity index (χ4n) is 4.01. The molecule has 0 aliphatic carbocycles. The third kappa shape index (κ3) is 7.69. The van der Waals surface area contributed by atoms with Crippen LogP contribution in [0.25, 0.3) is 5.69 Å². The van der Waals surface area contributed by atoms with E-state index in [4.69, 9.17) is 23.4 Å². The lowest BCUT2D eigenvalue weighted by molar-refractivity contribution is -0.145. The molecule has 2 aromatic heterocycles. The van der Waals surface area contributed by atoms with Crippen molar-refractivity contribution in [1.29, 1.82) is 0 Å². The van der Waals surface area contributed by atoms with Crippen LogP contribution in [0.1, 0.15) is 40.2 Å². The Kier molecular flexibility index (Phi) is 10.1. The van der Waals surface area contributed by atoms with Crippen molar-refractivity contribution in [3.05, 3.63) is 92.7 Å². The van der Waals surface area contributed by atoms with E-state index < -0.39 is 11.9 Å². The minimum Gasteiger partial charge on any atom is -0.493 e. The van der Waals surface area contributed by atoms with Gasteiger partial charge in [0, 0.05) is 17.1 Å². The molecule has 0 saturated carbocycles. The van der Waals surface area contributed by atoms with E-state index in [9.17, 15) is 9.59 Å². The van der Waals surface area contributed by atoms with Crippen molar-refractivity contribution in [2.75, 3.05) is 20.3 Å². The summed E-state index contributed by atoms with van der Waals surface area (Å²) in [5.41, 5.74) is 6.47. The number of amides is 1. The number of rotatable bonds is 12. The smallest absolute Gasteiger partial charge is 0.344 e. The topological polar surface area (TPSA) is 114 Å². The second-order valence-corrected chi connectivity index (χ2v) is 9.99. The largest absolute Gasteiger partial charge is 0.493 e. The Bertz CT molecular complexity index is 1520. The molecule has 0 aliphatic heterocycles. The summed E-state index contributed by atoms with van der Waals surface area (Å²) >= 11 is 2.06. The van der Waals surface area contributed by atoms with E-state index in [2.05, 4.69) is 63.7 Å². The number of methoxy groups -OCH3 is 1. The number of nitrogens with zero attached hydrogens (tertiary/aromatic N) is 2. The number of nitrogens with one attached hydrogen (secondary N) is 1. The fraction of sp³-hybridized carbons (Fsp3) is 0.233. The number of esters is 1. The lowest BCUT2D eigenvalue weighted by Gasteiger charge is -2.13. The van der Waals surface area contributed by atoms with Crippen LogP contribution in [0.15, 0.2) is 70.2 Å². The second-order valence-electron chi connectivity index (χ2n) is 8.83. The summed E-state index contributed by atoms with van der Waals surface area (Å²) in [6.07, 6.45) is 1.46. The van der Waals surface area contributed by atoms with Crippen molar-refractivity contribution in [1.82, 2.24) is 9.99 Å². The molecule has 0 aliphatic rings. The fourth-order valence-corrected chi connectivity index (χ4v) is 4.79. The zero-order valence-electron chi connectivity index (χ0n) is 23.1. The maximum absolute atomic E-state index is 12.5. The standard InChI is InChI=1S/C30H30IN3O7/c1-5-38-28(35)18-40-29-25(31)14-21(15-27(29)37-4)16-32-33-30(36)26-13-12-24(41-26)17-39-23-10-8-22(9-11-23)34-19(2)6-7-20(34)3/h6-16H,5,17-18H2,1-4H3,(H,33,36)/b32-16+. The van der Waals surface area contributed by atoms with Crippen LogP contribution >= 0.6 is 22.6 Å². The number of carbonyl (C=O) groups is 2. The highest BCUT2D eigenvalue weighted by Crippen LogP contribution is 2.33. The van der Waals surface area contributed by atoms with Crippen molar-refractivity contribution in [3.8, 4) is 22.9 Å². The highest BCUT2D eigenvalue weighted by Gasteiger charge is 2.14. The van der Waals surface area contributed by atoms with Gasteiger partial charge < -0.3 is 27.9 Å². The first-order valence-electron chi connectivity index (χ1n) is 12.7. The van der Waals surface area contributed by atoms with Gasteiger partial charge in [-0.05, 0) is 110 Å². The molecule has 4 aromatic rings. The van der Waals surface area contributed by atoms with Gasteiger partial charge in [0.05, 0.1) is 23.5 Å². The summed E-state index contributed by atoms with van der Waals surface area (Å²) < 4.78 is 30.2. The molecule has 4 rings (SSSR count). The number of carbonyl (C=O) groups excluding carboxylic acids is 2. The van der Waals surface area contributed by atoms with E-state index in [0.717, 1.165) is 17.1 Å². The summed E-state index contributed by atoms with van der Waals surface area (Å²) in [5.74, 6) is 1.13. The zero-order valence-corrected chi connectivity index (χ0v) is 25.3. The van der Waals surface area contributed by atoms with E-state index in [1.54, 1.807) is 31.2 Å². The van der Waals surface area contributed by atoms with E-state index in [-0.39, 0.29) is 25.6 Å². The molecule has 10 nitrogen and oxygen atoms in total. The van der Waals surface area contributed by atoms with Crippen LogP contribution in [0.5, 0.6) is 17.2 Å². The Morgan fingerprint density at radius 2 is 1.76 bits per heavy atom. The summed E-state index contributed by atoms with van der Waals surface area (Å²) in [7, 11) is 1.49. The summed E-state index contributed by atoms with van der Waals surface area (Å²) in [4.78, 5) is 24.1. The Morgan fingerprint density at radius 3 is 2.44 bits per heavy atom. The number of hydrogen-bond acceptors (Lipinski definition) is 8. The van der Waals surface area contributed by atoms with E-state index in [0.29, 0.717) is 32.1 Å². The maximum Gasteiger partial charge on any atom is 0.344 e. The molecule has 2 heterocycles. The lowest BCUT2D eigenvalue weighted by Crippen LogP contribution is -2.17. The van der Waals surface area contributed by atoms with Crippen molar-refractivity contribution in [2.45, 2.75) is 27.4 Å². The SMILES string of the molecule is CCOC(=O)COc1c(I)cc(/C=N/NC(=O)c2ccc(COc3ccc(-n4c(C)ccc4C)cc3)o2)cc1OC. The van der Waals surface area contributed by atoms with Gasteiger partial charge in [-0.15, -0.1) is 0 Å². The molecule has 0 spiro atoms. The molecule has 2 aromatic carbocycles. The van der Waals surface area contributed by atoms with Crippen molar-refractivity contribution in [3.63, 3.8) is 0 Å². The highest BCUT2D eigenvalue weighted by atomic mass is 127. The van der Waals surface area contributed by atoms with Crippen LogP contribution in [0.4, 0.5) is 0 Å². The average Bonchev–Trinajstić information content (AvgIpc) is 3.57. The third-order valence-corrected chi connectivity index (χ3v) is 6.71. The highest BCUT2D eigenvalue weighted by molar-refractivity contribution is 14.1. The molecule has 0 atom stereocenters. The number of furan rings is 1. The molecular formula is C30H30IN3O7. The molecule has 0 bridgehead atoms. The van der Waals surface area contributed by atoms with Crippen molar-refractivity contribution >= 4 is 40.7 Å². The number of hydrazone groups is 1. The molecule has 0 fully saturated rings. The van der Waals surface area contributed by atoms with Gasteiger partial charge in [0.2, 0.25) is 0 Å². The van der Waals surface area contributed by atoms with Crippen LogP contribution in [-0.4, -0.2) is 43.0 Å². The number of benzene rings is 2. The Hall–Kier alpha value is -4.26. The molecule has 0 unspecified atom stereocenters. The summed E-state index contributed by atoms with van der Waals surface area (Å²) in [6, 6.07) is 18.6. The monoisotopic (exact) mass is 671 g/mol. The number of aromatic nitrogens is 1. The first-order chi connectivity index (χ1) is 19.8. The molecular weight excluding hydrogens is 641 g/mol. The first-order valence-corrected chi connectivity index (χ1v) is 13.8. The minimum absolute atomic E-state index is 0.101. The third-order valence-electron chi connectivity index (χ3n) is 5.90. The van der Waals surface area contributed by atoms with Crippen molar-refractivity contribution < 1.29 is 33.0 Å². The molecule has 0 saturated heterocycles. The lowest BCUT2D eigenvalue weighted by atomic mass is 10.2.